The number of hydrogen-bond acceptors (Lipinski definition) is 3. The number of carbonyl (C=O) groups is 1. The molecule has 100 valence electrons. The smallest absolute Gasteiger partial charge is 0.263 e. The summed E-state index contributed by atoms with van der Waals surface area (Å²) in [6.45, 7) is 0. The van der Waals surface area contributed by atoms with E-state index in [1.807, 2.05) is 12.1 Å². The third kappa shape index (κ3) is 2.42. The fraction of sp³-hybridized carbons (Fsp3) is 0.357. The molecule has 0 saturated heterocycles. The average Bonchev–Trinajstić information content (AvgIpc) is 2.97. The van der Waals surface area contributed by atoms with Crippen LogP contribution in [0.3, 0.4) is 0 Å². The topological polar surface area (TPSA) is 55.1 Å². The van der Waals surface area contributed by atoms with E-state index in [4.69, 9.17) is 17.3 Å². The van der Waals surface area contributed by atoms with E-state index in [-0.39, 0.29) is 5.91 Å². The first-order chi connectivity index (χ1) is 9.15. The summed E-state index contributed by atoms with van der Waals surface area (Å²) in [4.78, 5) is 12.9. The molecule has 3 nitrogen and oxygen atoms in total. The van der Waals surface area contributed by atoms with Crippen molar-refractivity contribution in [2.75, 3.05) is 5.73 Å². The van der Waals surface area contributed by atoms with Crippen LogP contribution >= 0.6 is 22.9 Å². The zero-order chi connectivity index (χ0) is 13.4. The van der Waals surface area contributed by atoms with E-state index in [0.29, 0.717) is 21.6 Å². The summed E-state index contributed by atoms with van der Waals surface area (Å²) in [5, 5.41) is 4.64. The van der Waals surface area contributed by atoms with Gasteiger partial charge in [-0.15, -0.1) is 11.3 Å². The Morgan fingerprint density at radius 2 is 2.11 bits per heavy atom. The molecule has 1 aliphatic rings. The molecule has 0 atom stereocenters. The molecule has 5 heteroatoms. The number of carbonyl (C=O) groups excluding carboxylic acids is 1. The third-order valence-electron chi connectivity index (χ3n) is 3.59. The van der Waals surface area contributed by atoms with Crippen molar-refractivity contribution in [1.29, 1.82) is 0 Å². The van der Waals surface area contributed by atoms with Crippen LogP contribution < -0.4 is 11.1 Å². The van der Waals surface area contributed by atoms with Crippen LogP contribution in [0.2, 0.25) is 5.02 Å². The molecule has 1 aromatic carbocycles. The predicted molar refractivity (Wildman–Crippen MR) is 81.0 cm³/mol. The Kier molecular flexibility index (Phi) is 3.37. The van der Waals surface area contributed by atoms with Crippen LogP contribution in [0.1, 0.15) is 35.4 Å². The van der Waals surface area contributed by atoms with Crippen LogP contribution in [0.5, 0.6) is 0 Å². The number of rotatable bonds is 2. The van der Waals surface area contributed by atoms with Gasteiger partial charge in [0.05, 0.1) is 5.69 Å². The molecular weight excluding hydrogens is 280 g/mol. The number of hydrogen-bond donors (Lipinski definition) is 2. The van der Waals surface area contributed by atoms with Crippen LogP contribution in [-0.4, -0.2) is 11.9 Å². The molecule has 1 aromatic heterocycles. The molecule has 1 saturated carbocycles. The van der Waals surface area contributed by atoms with E-state index in [2.05, 4.69) is 5.32 Å². The molecule has 0 aliphatic heterocycles. The van der Waals surface area contributed by atoms with Crippen LogP contribution in [0.4, 0.5) is 5.69 Å². The second-order valence-corrected chi connectivity index (χ2v) is 6.43. The number of amides is 1. The molecule has 1 fully saturated rings. The first-order valence-corrected chi connectivity index (χ1v) is 7.63. The minimum atomic E-state index is -0.0540. The van der Waals surface area contributed by atoms with E-state index in [1.54, 1.807) is 6.07 Å². The van der Waals surface area contributed by atoms with Gasteiger partial charge in [-0.25, -0.2) is 0 Å². The summed E-state index contributed by atoms with van der Waals surface area (Å²) in [6, 6.07) is 5.83. The first-order valence-electron chi connectivity index (χ1n) is 6.43. The zero-order valence-corrected chi connectivity index (χ0v) is 12.0. The fourth-order valence-electron chi connectivity index (χ4n) is 2.58. The van der Waals surface area contributed by atoms with Crippen LogP contribution in [0, 0.1) is 0 Å². The minimum Gasteiger partial charge on any atom is -0.397 e. The van der Waals surface area contributed by atoms with Crippen molar-refractivity contribution in [2.45, 2.75) is 31.7 Å². The highest BCUT2D eigenvalue weighted by atomic mass is 35.5. The Morgan fingerprint density at radius 3 is 2.84 bits per heavy atom. The predicted octanol–water partition coefficient (Wildman–Crippen LogP) is 3.81. The maximum absolute atomic E-state index is 12.3. The summed E-state index contributed by atoms with van der Waals surface area (Å²) in [5.41, 5.74) is 6.63. The van der Waals surface area contributed by atoms with E-state index in [1.165, 1.54) is 24.2 Å². The van der Waals surface area contributed by atoms with E-state index >= 15 is 0 Å². The van der Waals surface area contributed by atoms with E-state index < -0.39 is 0 Å². The largest absolute Gasteiger partial charge is 0.397 e. The molecule has 3 N–H and O–H groups in total. The van der Waals surface area contributed by atoms with Gasteiger partial charge in [-0.1, -0.05) is 24.4 Å². The lowest BCUT2D eigenvalue weighted by Gasteiger charge is -2.10. The maximum atomic E-state index is 12.3. The van der Waals surface area contributed by atoms with Gasteiger partial charge in [0.1, 0.15) is 4.88 Å². The van der Waals surface area contributed by atoms with Gasteiger partial charge in [-0.2, -0.15) is 0 Å². The molecule has 0 bridgehead atoms. The zero-order valence-electron chi connectivity index (χ0n) is 10.4. The lowest BCUT2D eigenvalue weighted by atomic mass is 10.2. The Morgan fingerprint density at radius 1 is 1.37 bits per heavy atom. The third-order valence-corrected chi connectivity index (χ3v) is 4.99. The number of nitrogens with one attached hydrogen (secondary N) is 1. The van der Waals surface area contributed by atoms with Gasteiger partial charge in [0.25, 0.3) is 5.91 Å². The Balaban J connectivity index is 1.91. The fourth-order valence-corrected chi connectivity index (χ4v) is 3.88. The molecular formula is C14H15ClN2OS. The number of halogens is 1. The van der Waals surface area contributed by atoms with Gasteiger partial charge in [0, 0.05) is 21.2 Å². The van der Waals surface area contributed by atoms with Gasteiger partial charge in [0.15, 0.2) is 0 Å². The summed E-state index contributed by atoms with van der Waals surface area (Å²) in [7, 11) is 0. The molecule has 1 amide bonds. The van der Waals surface area contributed by atoms with Gasteiger partial charge in [-0.05, 0) is 31.0 Å². The van der Waals surface area contributed by atoms with Gasteiger partial charge in [-0.3, -0.25) is 4.79 Å². The number of fused-ring (bicyclic) bond motifs is 1. The summed E-state index contributed by atoms with van der Waals surface area (Å²) in [6.07, 6.45) is 4.54. The van der Waals surface area contributed by atoms with Crippen molar-refractivity contribution >= 4 is 44.6 Å². The molecule has 0 radical (unpaired) electrons. The second-order valence-electron chi connectivity index (χ2n) is 4.94. The van der Waals surface area contributed by atoms with Crippen molar-refractivity contribution in [1.82, 2.24) is 5.32 Å². The highest BCUT2D eigenvalue weighted by Crippen LogP contribution is 2.35. The molecule has 3 rings (SSSR count). The number of nitrogens with two attached hydrogens (primary N) is 1. The number of benzene rings is 1. The van der Waals surface area contributed by atoms with Gasteiger partial charge >= 0.3 is 0 Å². The molecule has 0 spiro atoms. The lowest BCUT2D eigenvalue weighted by molar-refractivity contribution is 0.0943. The summed E-state index contributed by atoms with van der Waals surface area (Å²) in [5.74, 6) is -0.0540. The molecule has 0 unspecified atom stereocenters. The van der Waals surface area contributed by atoms with Crippen LogP contribution in [0.15, 0.2) is 18.2 Å². The van der Waals surface area contributed by atoms with E-state index in [0.717, 1.165) is 22.9 Å². The molecule has 19 heavy (non-hydrogen) atoms. The number of thiophene rings is 1. The second kappa shape index (κ2) is 5.02. The normalized spacial score (nSPS) is 16.1. The van der Waals surface area contributed by atoms with Crippen LogP contribution in [-0.2, 0) is 0 Å². The Hall–Kier alpha value is -1.26. The van der Waals surface area contributed by atoms with E-state index in [9.17, 15) is 4.79 Å². The van der Waals surface area contributed by atoms with Crippen molar-refractivity contribution in [2.24, 2.45) is 0 Å². The molecule has 1 heterocycles. The summed E-state index contributed by atoms with van der Waals surface area (Å²) < 4.78 is 0.960. The van der Waals surface area contributed by atoms with Crippen molar-refractivity contribution < 1.29 is 4.79 Å². The molecule has 2 aromatic rings. The Bertz CT molecular complexity index is 632. The average molecular weight is 295 g/mol. The minimum absolute atomic E-state index is 0.0540. The number of anilines is 1. The number of nitrogen functional groups attached to an aromatic ring is 1. The van der Waals surface area contributed by atoms with Crippen molar-refractivity contribution in [3.8, 4) is 0 Å². The standard InChI is InChI=1S/C14H15ClN2OS/c15-8-5-6-10-11(7-8)19-13(12(10)16)14(18)17-9-3-1-2-4-9/h5-7,9H,1-4,16H2,(H,17,18). The quantitative estimate of drug-likeness (QED) is 0.885. The molecule has 1 aliphatic carbocycles. The SMILES string of the molecule is Nc1c(C(=O)NC2CCCC2)sc2cc(Cl)ccc12. The lowest BCUT2D eigenvalue weighted by Crippen LogP contribution is -2.32. The highest BCUT2D eigenvalue weighted by molar-refractivity contribution is 7.21. The monoisotopic (exact) mass is 294 g/mol. The van der Waals surface area contributed by atoms with Crippen LogP contribution in [0.25, 0.3) is 10.1 Å². The highest BCUT2D eigenvalue weighted by Gasteiger charge is 2.21. The Labute approximate surface area is 120 Å². The van der Waals surface area contributed by atoms with Crippen molar-refractivity contribution in [3.05, 3.63) is 28.1 Å². The first kappa shape index (κ1) is 12.8. The summed E-state index contributed by atoms with van der Waals surface area (Å²) >= 11 is 7.37. The van der Waals surface area contributed by atoms with Gasteiger partial charge in [0.2, 0.25) is 0 Å². The van der Waals surface area contributed by atoms with Gasteiger partial charge < -0.3 is 11.1 Å². The van der Waals surface area contributed by atoms with Crippen molar-refractivity contribution in [3.63, 3.8) is 0 Å². The maximum Gasteiger partial charge on any atom is 0.263 e.